The van der Waals surface area contributed by atoms with E-state index in [1.54, 1.807) is 18.1 Å². The molecule has 1 aliphatic heterocycles. The van der Waals surface area contributed by atoms with Crippen molar-refractivity contribution in [1.29, 1.82) is 0 Å². The Morgan fingerprint density at radius 3 is 1.95 bits per heavy atom. The van der Waals surface area contributed by atoms with Gasteiger partial charge in [-0.05, 0) is 90.7 Å². The minimum Gasteiger partial charge on any atom is -0.497 e. The average molecular weight is 580 g/mol. The normalized spacial score (nSPS) is 14.6. The Hall–Kier alpha value is -5.62. The molecule has 1 heterocycles. The van der Waals surface area contributed by atoms with Crippen LogP contribution in [0.2, 0.25) is 0 Å². The van der Waals surface area contributed by atoms with Gasteiger partial charge < -0.3 is 14.4 Å². The van der Waals surface area contributed by atoms with Crippen molar-refractivity contribution in [3.8, 4) is 5.75 Å². The van der Waals surface area contributed by atoms with Crippen LogP contribution in [0.5, 0.6) is 5.75 Å². The van der Waals surface area contributed by atoms with E-state index < -0.39 is 0 Å². The summed E-state index contributed by atoms with van der Waals surface area (Å²) in [6, 6.07) is 44.5. The lowest BCUT2D eigenvalue weighted by molar-refractivity contribution is -0.122. The topological polar surface area (TPSA) is 54.4 Å². The van der Waals surface area contributed by atoms with E-state index in [-0.39, 0.29) is 17.7 Å². The van der Waals surface area contributed by atoms with Crippen molar-refractivity contribution < 1.29 is 14.3 Å². The molecule has 6 nitrogen and oxygen atoms in total. The number of nitrogens with zero attached hydrogens (tertiary/aromatic N) is 3. The Kier molecular flexibility index (Phi) is 8.50. The SMILES string of the molecule is COc1ccc(CCN2C(=O)/C(=C\c3ccc(N(c4ccccc4)c4ccccc4)cc3)O/C2=N\c2ccccc2C)cc1. The third-order valence-electron chi connectivity index (χ3n) is 7.48. The summed E-state index contributed by atoms with van der Waals surface area (Å²) in [5.74, 6) is 0.816. The predicted molar refractivity (Wildman–Crippen MR) is 177 cm³/mol. The maximum atomic E-state index is 13.7. The molecule has 0 saturated carbocycles. The van der Waals surface area contributed by atoms with Gasteiger partial charge in [-0.1, -0.05) is 78.9 Å². The van der Waals surface area contributed by atoms with Crippen LogP contribution in [0.25, 0.3) is 6.08 Å². The van der Waals surface area contributed by atoms with Gasteiger partial charge in [0.2, 0.25) is 0 Å². The number of benzene rings is 5. The molecule has 0 N–H and O–H groups in total. The van der Waals surface area contributed by atoms with Crippen molar-refractivity contribution in [3.05, 3.63) is 156 Å². The molecule has 5 aromatic rings. The van der Waals surface area contributed by atoms with Gasteiger partial charge in [0.15, 0.2) is 5.76 Å². The van der Waals surface area contributed by atoms with Crippen molar-refractivity contribution in [2.75, 3.05) is 18.6 Å². The highest BCUT2D eigenvalue weighted by Gasteiger charge is 2.34. The van der Waals surface area contributed by atoms with Gasteiger partial charge in [-0.3, -0.25) is 9.69 Å². The van der Waals surface area contributed by atoms with Gasteiger partial charge in [-0.25, -0.2) is 0 Å². The zero-order valence-electron chi connectivity index (χ0n) is 24.8. The summed E-state index contributed by atoms with van der Waals surface area (Å²) < 4.78 is 11.4. The first-order valence-electron chi connectivity index (χ1n) is 14.6. The fraction of sp³-hybridized carbons (Fsp3) is 0.105. The van der Waals surface area contributed by atoms with Gasteiger partial charge in [0.25, 0.3) is 5.91 Å². The molecule has 6 rings (SSSR count). The number of amides is 1. The molecule has 0 bridgehead atoms. The van der Waals surface area contributed by atoms with Gasteiger partial charge in [0, 0.05) is 23.6 Å². The number of rotatable bonds is 9. The summed E-state index contributed by atoms with van der Waals surface area (Å²) >= 11 is 0. The number of carbonyl (C=O) groups is 1. The number of anilines is 3. The Morgan fingerprint density at radius 2 is 1.34 bits per heavy atom. The molecule has 5 aromatic carbocycles. The van der Waals surface area contributed by atoms with Crippen molar-refractivity contribution in [3.63, 3.8) is 0 Å². The van der Waals surface area contributed by atoms with Crippen LogP contribution in [0, 0.1) is 6.92 Å². The van der Waals surface area contributed by atoms with Gasteiger partial charge in [-0.2, -0.15) is 4.99 Å². The second kappa shape index (κ2) is 13.1. The molecule has 44 heavy (non-hydrogen) atoms. The fourth-order valence-corrected chi connectivity index (χ4v) is 5.09. The molecule has 1 saturated heterocycles. The molecule has 0 unspecified atom stereocenters. The number of hydrogen-bond acceptors (Lipinski definition) is 5. The Labute approximate surface area is 258 Å². The van der Waals surface area contributed by atoms with Crippen LogP contribution in [0.15, 0.2) is 144 Å². The summed E-state index contributed by atoms with van der Waals surface area (Å²) in [6.45, 7) is 2.42. The fourth-order valence-electron chi connectivity index (χ4n) is 5.09. The number of aliphatic imine (C=N–C) groups is 1. The van der Waals surface area contributed by atoms with Gasteiger partial charge in [-0.15, -0.1) is 0 Å². The average Bonchev–Trinajstić information content (AvgIpc) is 3.36. The smallest absolute Gasteiger partial charge is 0.305 e. The van der Waals surface area contributed by atoms with Gasteiger partial charge in [0.1, 0.15) is 5.75 Å². The molecule has 0 aliphatic carbocycles. The molecule has 218 valence electrons. The zero-order valence-corrected chi connectivity index (χ0v) is 24.8. The lowest BCUT2D eigenvalue weighted by atomic mass is 10.1. The lowest BCUT2D eigenvalue weighted by Crippen LogP contribution is -2.31. The first-order valence-corrected chi connectivity index (χ1v) is 14.6. The zero-order chi connectivity index (χ0) is 30.3. The molecule has 1 aliphatic rings. The monoisotopic (exact) mass is 579 g/mol. The summed E-state index contributed by atoms with van der Waals surface area (Å²) in [5, 5.41) is 0. The maximum Gasteiger partial charge on any atom is 0.305 e. The molecular formula is C38H33N3O3. The van der Waals surface area contributed by atoms with E-state index in [1.807, 2.05) is 104 Å². The summed E-state index contributed by atoms with van der Waals surface area (Å²) in [7, 11) is 1.65. The minimum absolute atomic E-state index is 0.217. The van der Waals surface area contributed by atoms with E-state index in [1.165, 1.54) is 0 Å². The standard InChI is InChI=1S/C38H33N3O3/c1-28-11-9-10-16-35(28)39-38-40(26-25-29-19-23-34(43-2)24-20-29)37(42)36(44-38)27-30-17-21-33(22-18-30)41(31-12-5-3-6-13-31)32-14-7-4-8-15-32/h3-24,27H,25-26H2,1-2H3/b36-27+,39-38-. The van der Waals surface area contributed by atoms with Crippen molar-refractivity contribution in [2.45, 2.75) is 13.3 Å². The van der Waals surface area contributed by atoms with E-state index in [4.69, 9.17) is 14.5 Å². The number of methoxy groups -OCH3 is 1. The number of para-hydroxylation sites is 3. The third kappa shape index (κ3) is 6.40. The van der Waals surface area contributed by atoms with Crippen molar-refractivity contribution in [2.24, 2.45) is 4.99 Å². The van der Waals surface area contributed by atoms with Gasteiger partial charge >= 0.3 is 6.02 Å². The Bertz CT molecular complexity index is 1740. The van der Waals surface area contributed by atoms with E-state index >= 15 is 0 Å². The number of amidine groups is 1. The Morgan fingerprint density at radius 1 is 0.750 bits per heavy atom. The lowest BCUT2D eigenvalue weighted by Gasteiger charge is -2.25. The van der Waals surface area contributed by atoms with E-state index in [2.05, 4.69) is 41.3 Å². The van der Waals surface area contributed by atoms with Crippen LogP contribution >= 0.6 is 0 Å². The molecule has 1 fully saturated rings. The van der Waals surface area contributed by atoms with Crippen LogP contribution in [-0.2, 0) is 16.0 Å². The predicted octanol–water partition coefficient (Wildman–Crippen LogP) is 8.60. The molecule has 0 radical (unpaired) electrons. The molecule has 1 amide bonds. The molecule has 0 aromatic heterocycles. The summed E-state index contributed by atoms with van der Waals surface area (Å²) in [5.41, 5.74) is 6.82. The quantitative estimate of drug-likeness (QED) is 0.164. The summed E-state index contributed by atoms with van der Waals surface area (Å²) in [6.07, 6.45) is 2.42. The highest BCUT2D eigenvalue weighted by Crippen LogP contribution is 2.34. The number of ether oxygens (including phenoxy) is 2. The molecule has 0 atom stereocenters. The first-order chi connectivity index (χ1) is 21.6. The number of aryl methyl sites for hydroxylation is 1. The second-order valence-electron chi connectivity index (χ2n) is 10.4. The van der Waals surface area contributed by atoms with E-state index in [0.717, 1.165) is 45.2 Å². The number of hydrogen-bond donors (Lipinski definition) is 0. The molecule has 6 heteroatoms. The van der Waals surface area contributed by atoms with E-state index in [9.17, 15) is 4.79 Å². The second-order valence-corrected chi connectivity index (χ2v) is 10.4. The summed E-state index contributed by atoms with van der Waals surface area (Å²) in [4.78, 5) is 22.3. The van der Waals surface area contributed by atoms with Crippen LogP contribution < -0.4 is 9.64 Å². The Balaban J connectivity index is 1.28. The van der Waals surface area contributed by atoms with Crippen molar-refractivity contribution in [1.82, 2.24) is 4.90 Å². The van der Waals surface area contributed by atoms with Crippen LogP contribution in [0.3, 0.4) is 0 Å². The van der Waals surface area contributed by atoms with Crippen LogP contribution in [0.1, 0.15) is 16.7 Å². The highest BCUT2D eigenvalue weighted by molar-refractivity contribution is 6.11. The van der Waals surface area contributed by atoms with Crippen LogP contribution in [0.4, 0.5) is 22.7 Å². The molecule has 0 spiro atoms. The third-order valence-corrected chi connectivity index (χ3v) is 7.48. The first kappa shape index (κ1) is 28.5. The maximum absolute atomic E-state index is 13.7. The molecular weight excluding hydrogens is 546 g/mol. The minimum atomic E-state index is -0.217. The highest BCUT2D eigenvalue weighted by atomic mass is 16.5. The van der Waals surface area contributed by atoms with Gasteiger partial charge in [0.05, 0.1) is 12.8 Å². The largest absolute Gasteiger partial charge is 0.497 e. The van der Waals surface area contributed by atoms with E-state index in [0.29, 0.717) is 13.0 Å². The van der Waals surface area contributed by atoms with Crippen LogP contribution in [-0.4, -0.2) is 30.5 Å². The number of carbonyl (C=O) groups excluding carboxylic acids is 1. The van der Waals surface area contributed by atoms with Crippen molar-refractivity contribution >= 4 is 40.8 Å².